The molecule has 0 aliphatic heterocycles. The number of carbonyl (C=O) groups is 1. The number of hydrogen-bond donors (Lipinski definition) is 2. The van der Waals surface area contributed by atoms with Crippen LogP contribution in [0.4, 0.5) is 5.69 Å². The van der Waals surface area contributed by atoms with E-state index in [0.29, 0.717) is 5.69 Å². The summed E-state index contributed by atoms with van der Waals surface area (Å²) in [6.45, 7) is 3.77. The summed E-state index contributed by atoms with van der Waals surface area (Å²) in [5.41, 5.74) is 2.27. The smallest absolute Gasteiger partial charge is 0.352 e. The van der Waals surface area contributed by atoms with Crippen LogP contribution in [0.5, 0.6) is 0 Å². The van der Waals surface area contributed by atoms with Gasteiger partial charge in [0, 0.05) is 13.2 Å². The molecule has 2 N–H and O–H groups in total. The van der Waals surface area contributed by atoms with Gasteiger partial charge in [0.05, 0.1) is 5.69 Å². The van der Waals surface area contributed by atoms with Crippen LogP contribution in [0.25, 0.3) is 0 Å². The summed E-state index contributed by atoms with van der Waals surface area (Å²) in [5.74, 6) is -1.20. The van der Waals surface area contributed by atoms with Gasteiger partial charge in [-0.05, 0) is 43.2 Å². The summed E-state index contributed by atoms with van der Waals surface area (Å²) in [6, 6.07) is 6.57. The number of carboxylic acid groups (broad SMARTS) is 1. The van der Waals surface area contributed by atoms with Crippen LogP contribution in [-0.2, 0) is 10.0 Å². The summed E-state index contributed by atoms with van der Waals surface area (Å²) < 4.78 is 26.1. The molecule has 0 atom stereocenters. The van der Waals surface area contributed by atoms with Crippen molar-refractivity contribution in [1.29, 1.82) is 0 Å². The molecule has 6 nitrogen and oxygen atoms in total. The molecule has 0 saturated heterocycles. The first kappa shape index (κ1) is 15.1. The number of aromatic amines is 1. The Kier molecular flexibility index (Phi) is 3.78. The lowest BCUT2D eigenvalue weighted by atomic mass is 10.1. The first-order valence-corrected chi connectivity index (χ1v) is 7.65. The molecule has 21 heavy (non-hydrogen) atoms. The lowest BCUT2D eigenvalue weighted by Crippen LogP contribution is -2.26. The quantitative estimate of drug-likeness (QED) is 0.905. The molecule has 0 aliphatic carbocycles. The number of aryl methyl sites for hydroxylation is 2. The standard InChI is InChI=1S/C14H16N2O4S/c1-9-4-10(2)6-11(5-9)16(3)21(19,20)12-7-13(14(17)18)15-8-12/h4-8,15H,1-3H3,(H,17,18). The molecule has 2 aromatic rings. The van der Waals surface area contributed by atoms with Crippen molar-refractivity contribution in [2.75, 3.05) is 11.4 Å². The van der Waals surface area contributed by atoms with Crippen molar-refractivity contribution in [3.8, 4) is 0 Å². The number of H-pyrrole nitrogens is 1. The number of aromatic nitrogens is 1. The number of hydrogen-bond acceptors (Lipinski definition) is 3. The monoisotopic (exact) mass is 308 g/mol. The van der Waals surface area contributed by atoms with Crippen LogP contribution in [0, 0.1) is 13.8 Å². The summed E-state index contributed by atoms with van der Waals surface area (Å²) in [6.07, 6.45) is 1.18. The number of aromatic carboxylic acids is 1. The zero-order valence-electron chi connectivity index (χ0n) is 11.9. The SMILES string of the molecule is Cc1cc(C)cc(N(C)S(=O)(=O)c2c[nH]c(C(=O)O)c2)c1. The fourth-order valence-electron chi connectivity index (χ4n) is 2.08. The van der Waals surface area contributed by atoms with Gasteiger partial charge >= 0.3 is 5.97 Å². The second-order valence-electron chi connectivity index (χ2n) is 4.87. The van der Waals surface area contributed by atoms with Crippen LogP contribution < -0.4 is 4.31 Å². The van der Waals surface area contributed by atoms with Crippen LogP contribution >= 0.6 is 0 Å². The number of anilines is 1. The first-order chi connectivity index (χ1) is 9.71. The molecule has 0 saturated carbocycles. The van der Waals surface area contributed by atoms with E-state index < -0.39 is 16.0 Å². The Bertz CT molecular complexity index is 773. The van der Waals surface area contributed by atoms with Crippen molar-refractivity contribution >= 4 is 21.7 Å². The zero-order valence-corrected chi connectivity index (χ0v) is 12.7. The largest absolute Gasteiger partial charge is 0.477 e. The number of carboxylic acids is 1. The van der Waals surface area contributed by atoms with Gasteiger partial charge < -0.3 is 10.1 Å². The molecule has 1 aromatic heterocycles. The van der Waals surface area contributed by atoms with Crippen LogP contribution in [0.1, 0.15) is 21.6 Å². The van der Waals surface area contributed by atoms with Gasteiger partial charge in [-0.1, -0.05) is 6.07 Å². The average molecular weight is 308 g/mol. The van der Waals surface area contributed by atoms with Gasteiger partial charge in [-0.3, -0.25) is 4.31 Å². The predicted molar refractivity (Wildman–Crippen MR) is 79.3 cm³/mol. The van der Waals surface area contributed by atoms with Gasteiger partial charge in [0.1, 0.15) is 10.6 Å². The third-order valence-corrected chi connectivity index (χ3v) is 4.88. The molecule has 112 valence electrons. The van der Waals surface area contributed by atoms with Gasteiger partial charge in [0.25, 0.3) is 10.0 Å². The van der Waals surface area contributed by atoms with E-state index in [1.165, 1.54) is 13.2 Å². The number of nitrogens with one attached hydrogen (secondary N) is 1. The Balaban J connectivity index is 2.44. The molecule has 0 aliphatic rings. The normalized spacial score (nSPS) is 11.4. The van der Waals surface area contributed by atoms with E-state index in [9.17, 15) is 13.2 Å². The van der Waals surface area contributed by atoms with Crippen molar-refractivity contribution in [3.05, 3.63) is 47.3 Å². The van der Waals surface area contributed by atoms with Gasteiger partial charge in [0.15, 0.2) is 0 Å². The maximum atomic E-state index is 12.5. The van der Waals surface area contributed by atoms with E-state index >= 15 is 0 Å². The predicted octanol–water partition coefficient (Wildman–Crippen LogP) is 2.15. The van der Waals surface area contributed by atoms with E-state index in [-0.39, 0.29) is 10.6 Å². The molecular formula is C14H16N2O4S. The van der Waals surface area contributed by atoms with Crippen LogP contribution in [0.15, 0.2) is 35.4 Å². The molecule has 0 bridgehead atoms. The van der Waals surface area contributed by atoms with E-state index in [1.807, 2.05) is 19.9 Å². The molecule has 0 spiro atoms. The second kappa shape index (κ2) is 5.25. The Morgan fingerprint density at radius 2 is 1.71 bits per heavy atom. The maximum Gasteiger partial charge on any atom is 0.352 e. The Morgan fingerprint density at radius 1 is 1.14 bits per heavy atom. The molecule has 1 heterocycles. The summed E-state index contributed by atoms with van der Waals surface area (Å²) in [7, 11) is -2.36. The van der Waals surface area contributed by atoms with E-state index in [1.54, 1.807) is 12.1 Å². The van der Waals surface area contributed by atoms with Crippen molar-refractivity contribution in [1.82, 2.24) is 4.98 Å². The summed E-state index contributed by atoms with van der Waals surface area (Å²) >= 11 is 0. The molecule has 2 rings (SSSR count). The van der Waals surface area contributed by atoms with Gasteiger partial charge in [-0.15, -0.1) is 0 Å². The van der Waals surface area contributed by atoms with Gasteiger partial charge in [0.2, 0.25) is 0 Å². The van der Waals surface area contributed by atoms with E-state index in [0.717, 1.165) is 21.5 Å². The third kappa shape index (κ3) is 2.92. The average Bonchev–Trinajstić information content (AvgIpc) is 2.86. The fraction of sp³-hybridized carbons (Fsp3) is 0.214. The minimum Gasteiger partial charge on any atom is -0.477 e. The molecular weight excluding hydrogens is 292 g/mol. The maximum absolute atomic E-state index is 12.5. The van der Waals surface area contributed by atoms with Crippen molar-refractivity contribution in [2.45, 2.75) is 18.7 Å². The molecule has 0 radical (unpaired) electrons. The summed E-state index contributed by atoms with van der Waals surface area (Å²) in [5, 5.41) is 8.85. The minimum absolute atomic E-state index is 0.0819. The van der Waals surface area contributed by atoms with Crippen molar-refractivity contribution in [2.24, 2.45) is 0 Å². The Morgan fingerprint density at radius 3 is 2.19 bits per heavy atom. The second-order valence-corrected chi connectivity index (χ2v) is 6.84. The molecule has 0 amide bonds. The zero-order chi connectivity index (χ0) is 15.8. The van der Waals surface area contributed by atoms with Crippen molar-refractivity contribution in [3.63, 3.8) is 0 Å². The molecule has 1 aromatic carbocycles. The highest BCUT2D eigenvalue weighted by Gasteiger charge is 2.24. The number of sulfonamides is 1. The highest BCUT2D eigenvalue weighted by molar-refractivity contribution is 7.92. The highest BCUT2D eigenvalue weighted by atomic mass is 32.2. The highest BCUT2D eigenvalue weighted by Crippen LogP contribution is 2.24. The van der Waals surface area contributed by atoms with Gasteiger partial charge in [-0.25, -0.2) is 13.2 Å². The molecule has 0 fully saturated rings. The minimum atomic E-state index is -3.80. The number of benzene rings is 1. The molecule has 0 unspecified atom stereocenters. The van der Waals surface area contributed by atoms with Crippen LogP contribution in [0.3, 0.4) is 0 Å². The number of rotatable bonds is 4. The fourth-order valence-corrected chi connectivity index (χ4v) is 3.25. The third-order valence-electron chi connectivity index (χ3n) is 3.12. The first-order valence-electron chi connectivity index (χ1n) is 6.21. The number of nitrogens with zero attached hydrogens (tertiary/aromatic N) is 1. The van der Waals surface area contributed by atoms with Crippen LogP contribution in [0.2, 0.25) is 0 Å². The van der Waals surface area contributed by atoms with Crippen LogP contribution in [-0.4, -0.2) is 31.5 Å². The summed E-state index contributed by atoms with van der Waals surface area (Å²) in [4.78, 5) is 13.2. The Hall–Kier alpha value is -2.28. The van der Waals surface area contributed by atoms with Gasteiger partial charge in [-0.2, -0.15) is 0 Å². The Labute approximate surface area is 123 Å². The topological polar surface area (TPSA) is 90.5 Å². The van der Waals surface area contributed by atoms with Crippen molar-refractivity contribution < 1.29 is 18.3 Å². The lowest BCUT2D eigenvalue weighted by molar-refractivity contribution is 0.0691. The van der Waals surface area contributed by atoms with E-state index in [4.69, 9.17) is 5.11 Å². The molecule has 7 heteroatoms. The van der Waals surface area contributed by atoms with E-state index in [2.05, 4.69) is 4.98 Å². The lowest BCUT2D eigenvalue weighted by Gasteiger charge is -2.19.